The maximum atomic E-state index is 9.49. The summed E-state index contributed by atoms with van der Waals surface area (Å²) in [6.07, 6.45) is 2.78. The zero-order valence-corrected chi connectivity index (χ0v) is 33.8. The van der Waals surface area contributed by atoms with E-state index in [1.54, 1.807) is 0 Å². The average Bonchev–Trinajstić information content (AvgIpc) is 3.63. The number of fused-ring (bicyclic) bond motifs is 3. The Morgan fingerprint density at radius 2 is 0.984 bits per heavy atom. The fraction of sp³-hybridized carbons (Fsp3) is 0.0339. The van der Waals surface area contributed by atoms with Gasteiger partial charge < -0.3 is 10.7 Å². The molecule has 1 aliphatic carbocycles. The van der Waals surface area contributed by atoms with Crippen LogP contribution < -0.4 is 5.32 Å². The fourth-order valence-corrected chi connectivity index (χ4v) is 9.19. The highest BCUT2D eigenvalue weighted by Crippen LogP contribution is 2.58. The van der Waals surface area contributed by atoms with Crippen LogP contribution in [-0.2, 0) is 11.8 Å². The topological polar surface area (TPSA) is 35.9 Å². The van der Waals surface area contributed by atoms with Crippen LogP contribution in [0, 0.1) is 5.41 Å². The number of para-hydroxylation sites is 2. The predicted molar refractivity (Wildman–Crippen MR) is 256 cm³/mol. The molecule has 0 amide bonds. The molecular formula is C59H44N2. The highest BCUT2D eigenvalue weighted by atomic mass is 14.9. The van der Waals surface area contributed by atoms with E-state index in [9.17, 15) is 5.41 Å². The van der Waals surface area contributed by atoms with Crippen molar-refractivity contribution in [2.75, 3.05) is 5.32 Å². The Morgan fingerprint density at radius 3 is 1.74 bits per heavy atom. The summed E-state index contributed by atoms with van der Waals surface area (Å²) in [5, 5.41) is 13.3. The van der Waals surface area contributed by atoms with Gasteiger partial charge in [0.2, 0.25) is 0 Å². The summed E-state index contributed by atoms with van der Waals surface area (Å²) in [6.45, 7) is 0. The molecule has 1 atom stereocenters. The summed E-state index contributed by atoms with van der Waals surface area (Å²) in [5.74, 6) is 0. The SMILES string of the molecule is N=C(/C=C(\Cc1ccccc1)c1ccc(-c2ccccc2)cc1)c1cccc(-c2ccc3c(c2)-c2ccccc2C3(c2ccccc2)c2ccccc2Nc2ccccc2)c1. The molecule has 2 heteroatoms. The highest BCUT2D eigenvalue weighted by molar-refractivity contribution is 6.11. The first kappa shape index (κ1) is 37.5. The number of hydrogen-bond acceptors (Lipinski definition) is 2. The molecule has 9 aromatic carbocycles. The van der Waals surface area contributed by atoms with Crippen LogP contribution in [0.1, 0.15) is 38.9 Å². The zero-order valence-electron chi connectivity index (χ0n) is 33.8. The second-order valence-corrected chi connectivity index (χ2v) is 15.7. The van der Waals surface area contributed by atoms with Gasteiger partial charge in [-0.25, -0.2) is 0 Å². The molecule has 290 valence electrons. The van der Waals surface area contributed by atoms with Gasteiger partial charge in [0.05, 0.1) is 11.1 Å². The van der Waals surface area contributed by atoms with Crippen LogP contribution in [0.4, 0.5) is 11.4 Å². The van der Waals surface area contributed by atoms with E-state index in [4.69, 9.17) is 0 Å². The molecule has 0 saturated heterocycles. The lowest BCUT2D eigenvalue weighted by atomic mass is 9.67. The van der Waals surface area contributed by atoms with Gasteiger partial charge in [0, 0.05) is 16.9 Å². The summed E-state index contributed by atoms with van der Waals surface area (Å²) < 4.78 is 0. The van der Waals surface area contributed by atoms with E-state index in [-0.39, 0.29) is 0 Å². The number of hydrogen-bond donors (Lipinski definition) is 2. The summed E-state index contributed by atoms with van der Waals surface area (Å²) in [4.78, 5) is 0. The molecule has 0 aliphatic heterocycles. The van der Waals surface area contributed by atoms with E-state index in [1.807, 2.05) is 12.1 Å². The van der Waals surface area contributed by atoms with E-state index in [1.165, 1.54) is 50.1 Å². The molecule has 0 radical (unpaired) electrons. The van der Waals surface area contributed by atoms with E-state index in [2.05, 4.69) is 236 Å². The fourth-order valence-electron chi connectivity index (χ4n) is 9.19. The first-order valence-corrected chi connectivity index (χ1v) is 21.0. The van der Waals surface area contributed by atoms with Crippen LogP contribution >= 0.6 is 0 Å². The van der Waals surface area contributed by atoms with Gasteiger partial charge in [0.1, 0.15) is 0 Å². The standard InChI is InChI=1S/C59H44N2/c60-57(41-49(38-42-18-5-1-6-19-42)45-34-32-44(33-35-45)43-20-7-2-8-21-43)48-23-17-22-46(39-48)47-36-37-55-53(40-47)52-28-13-14-29-54(52)59(55,50-24-9-3-10-25-50)56-30-15-16-31-58(56)61-51-26-11-4-12-27-51/h1-37,39-41,60-61H,38H2/b49-41+,60-57?. The van der Waals surface area contributed by atoms with Crippen molar-refractivity contribution < 1.29 is 0 Å². The average molecular weight is 781 g/mol. The van der Waals surface area contributed by atoms with Gasteiger partial charge in [0.25, 0.3) is 0 Å². The van der Waals surface area contributed by atoms with Gasteiger partial charge in [-0.15, -0.1) is 0 Å². The minimum Gasteiger partial charge on any atom is -0.355 e. The van der Waals surface area contributed by atoms with Gasteiger partial charge in [-0.1, -0.05) is 206 Å². The molecule has 1 unspecified atom stereocenters. The maximum Gasteiger partial charge on any atom is 0.0733 e. The van der Waals surface area contributed by atoms with Crippen molar-refractivity contribution in [2.24, 2.45) is 0 Å². The third-order valence-corrected chi connectivity index (χ3v) is 12.1. The van der Waals surface area contributed by atoms with E-state index >= 15 is 0 Å². The first-order chi connectivity index (χ1) is 30.1. The van der Waals surface area contributed by atoms with E-state index < -0.39 is 5.41 Å². The Balaban J connectivity index is 1.05. The molecule has 0 fully saturated rings. The van der Waals surface area contributed by atoms with Crippen LogP contribution in [0.5, 0.6) is 0 Å². The molecule has 10 rings (SSSR count). The van der Waals surface area contributed by atoms with Crippen LogP contribution in [0.25, 0.3) is 39.0 Å². The lowest BCUT2D eigenvalue weighted by molar-refractivity contribution is 0.771. The van der Waals surface area contributed by atoms with Gasteiger partial charge in [0.15, 0.2) is 0 Å². The Morgan fingerprint density at radius 1 is 0.426 bits per heavy atom. The zero-order chi connectivity index (χ0) is 41.0. The molecule has 0 heterocycles. The van der Waals surface area contributed by atoms with Crippen molar-refractivity contribution in [1.82, 2.24) is 0 Å². The number of benzene rings is 9. The minimum atomic E-state index is -0.562. The molecule has 1 aliphatic rings. The van der Waals surface area contributed by atoms with Crippen LogP contribution in [0.2, 0.25) is 0 Å². The number of nitrogens with one attached hydrogen (secondary N) is 2. The van der Waals surface area contributed by atoms with E-state index in [0.29, 0.717) is 5.71 Å². The number of anilines is 2. The quantitative estimate of drug-likeness (QED) is 0.126. The predicted octanol–water partition coefficient (Wildman–Crippen LogP) is 14.8. The van der Waals surface area contributed by atoms with Crippen LogP contribution in [0.15, 0.2) is 243 Å². The summed E-state index contributed by atoms with van der Waals surface area (Å²) in [6, 6.07) is 84.2. The van der Waals surface area contributed by atoms with Gasteiger partial charge in [-0.2, -0.15) is 0 Å². The lowest BCUT2D eigenvalue weighted by Crippen LogP contribution is -2.29. The molecule has 9 aromatic rings. The molecule has 0 saturated carbocycles. The minimum absolute atomic E-state index is 0.483. The summed E-state index contributed by atoms with van der Waals surface area (Å²) >= 11 is 0. The third kappa shape index (κ3) is 7.19. The van der Waals surface area contributed by atoms with Crippen molar-refractivity contribution >= 4 is 22.7 Å². The molecule has 2 N–H and O–H groups in total. The molecule has 61 heavy (non-hydrogen) atoms. The number of rotatable bonds is 11. The van der Waals surface area contributed by atoms with Crippen LogP contribution in [-0.4, -0.2) is 5.71 Å². The maximum absolute atomic E-state index is 9.49. The van der Waals surface area contributed by atoms with Crippen molar-refractivity contribution in [3.63, 3.8) is 0 Å². The van der Waals surface area contributed by atoms with Gasteiger partial charge in [-0.05, 0) is 115 Å². The van der Waals surface area contributed by atoms with Gasteiger partial charge >= 0.3 is 0 Å². The second kappa shape index (κ2) is 16.4. The molecule has 0 spiro atoms. The largest absolute Gasteiger partial charge is 0.355 e. The van der Waals surface area contributed by atoms with Crippen molar-refractivity contribution in [2.45, 2.75) is 11.8 Å². The van der Waals surface area contributed by atoms with E-state index in [0.717, 1.165) is 45.6 Å². The molecule has 0 aromatic heterocycles. The highest BCUT2D eigenvalue weighted by Gasteiger charge is 2.47. The molecule has 0 bridgehead atoms. The molecular weight excluding hydrogens is 737 g/mol. The Hall–Kier alpha value is -7.81. The first-order valence-electron chi connectivity index (χ1n) is 21.0. The van der Waals surface area contributed by atoms with Gasteiger partial charge in [-0.3, -0.25) is 0 Å². The monoisotopic (exact) mass is 780 g/mol. The van der Waals surface area contributed by atoms with Crippen LogP contribution in [0.3, 0.4) is 0 Å². The Labute approximate surface area is 358 Å². The van der Waals surface area contributed by atoms with Crippen molar-refractivity contribution in [3.05, 3.63) is 282 Å². The summed E-state index contributed by atoms with van der Waals surface area (Å²) in [7, 11) is 0. The van der Waals surface area contributed by atoms with Crippen molar-refractivity contribution in [1.29, 1.82) is 5.41 Å². The Bertz CT molecular complexity index is 3010. The normalized spacial score (nSPS) is 14.2. The number of allylic oxidation sites excluding steroid dienone is 2. The summed E-state index contributed by atoms with van der Waals surface area (Å²) in [5.41, 5.74) is 18.3. The second-order valence-electron chi connectivity index (χ2n) is 15.7. The Kier molecular flexibility index (Phi) is 10.1. The van der Waals surface area contributed by atoms with Crippen molar-refractivity contribution in [3.8, 4) is 33.4 Å². The smallest absolute Gasteiger partial charge is 0.0733 e. The molecule has 2 nitrogen and oxygen atoms in total. The third-order valence-electron chi connectivity index (χ3n) is 12.1. The lowest BCUT2D eigenvalue weighted by Gasteiger charge is -2.35.